The Morgan fingerprint density at radius 3 is 2.81 bits per heavy atom. The summed E-state index contributed by atoms with van der Waals surface area (Å²) < 4.78 is 0. The number of hydroxylamine groups is 1. The Hall–Kier alpha value is -1.96. The van der Waals surface area contributed by atoms with Crippen molar-refractivity contribution in [2.24, 2.45) is 5.10 Å². The van der Waals surface area contributed by atoms with Crippen LogP contribution in [0.1, 0.15) is 12.8 Å². The molecule has 0 radical (unpaired) electrons. The third kappa shape index (κ3) is 3.31. The van der Waals surface area contributed by atoms with Crippen LogP contribution in [0.25, 0.3) is 0 Å². The summed E-state index contributed by atoms with van der Waals surface area (Å²) in [7, 11) is 1.44. The summed E-state index contributed by atoms with van der Waals surface area (Å²) in [6.07, 6.45) is 0.410. The van der Waals surface area contributed by atoms with Gasteiger partial charge < -0.3 is 5.11 Å². The van der Waals surface area contributed by atoms with E-state index in [4.69, 9.17) is 5.11 Å². The zero-order chi connectivity index (χ0) is 12.1. The van der Waals surface area contributed by atoms with Crippen molar-refractivity contribution in [3.63, 3.8) is 0 Å². The largest absolute Gasteiger partial charge is 0.479 e. The Balaban J connectivity index is 2.45. The summed E-state index contributed by atoms with van der Waals surface area (Å²) in [5.41, 5.74) is 2.06. The minimum Gasteiger partial charge on any atom is -0.479 e. The molecule has 0 aliphatic carbocycles. The van der Waals surface area contributed by atoms with Gasteiger partial charge in [-0.1, -0.05) is 0 Å². The molecule has 0 atom stereocenters. The summed E-state index contributed by atoms with van der Waals surface area (Å²) in [6, 6.07) is 0. The fourth-order valence-electron chi connectivity index (χ4n) is 1.06. The van der Waals surface area contributed by atoms with E-state index in [1.165, 1.54) is 7.05 Å². The molecule has 0 aromatic heterocycles. The lowest BCUT2D eigenvalue weighted by atomic mass is 10.1. The van der Waals surface area contributed by atoms with Crippen LogP contribution in [0.5, 0.6) is 0 Å². The standard InChI is InChI=1S/C8H11N3O5/c1-11-6(12)3-2-5(9-11)8(15)10-16-4-7(13)14/h2-4H2,1H3,(H,10,15)(H,13,14). The number of carboxylic acids is 1. The molecule has 0 fully saturated rings. The average Bonchev–Trinajstić information content (AvgIpc) is 2.21. The van der Waals surface area contributed by atoms with Crippen molar-refractivity contribution in [2.75, 3.05) is 13.7 Å². The van der Waals surface area contributed by atoms with E-state index in [9.17, 15) is 14.4 Å². The SMILES string of the molecule is CN1N=C(C(=O)NOCC(=O)O)CCC1=O. The maximum Gasteiger partial charge on any atom is 0.332 e. The number of hydrogen-bond acceptors (Lipinski definition) is 5. The van der Waals surface area contributed by atoms with E-state index in [2.05, 4.69) is 9.94 Å². The van der Waals surface area contributed by atoms with Gasteiger partial charge in [0.2, 0.25) is 5.91 Å². The minimum absolute atomic E-state index is 0.132. The molecule has 1 rings (SSSR count). The molecule has 8 nitrogen and oxygen atoms in total. The van der Waals surface area contributed by atoms with Crippen molar-refractivity contribution < 1.29 is 24.3 Å². The molecule has 16 heavy (non-hydrogen) atoms. The van der Waals surface area contributed by atoms with Crippen LogP contribution >= 0.6 is 0 Å². The molecule has 1 aliphatic rings. The maximum absolute atomic E-state index is 11.3. The van der Waals surface area contributed by atoms with E-state index < -0.39 is 18.5 Å². The van der Waals surface area contributed by atoms with Crippen molar-refractivity contribution in [1.82, 2.24) is 10.5 Å². The monoisotopic (exact) mass is 229 g/mol. The van der Waals surface area contributed by atoms with Crippen LogP contribution < -0.4 is 5.48 Å². The van der Waals surface area contributed by atoms with Crippen LogP contribution in [0.2, 0.25) is 0 Å². The highest BCUT2D eigenvalue weighted by Crippen LogP contribution is 2.06. The highest BCUT2D eigenvalue weighted by atomic mass is 16.7. The first-order valence-corrected chi connectivity index (χ1v) is 4.48. The van der Waals surface area contributed by atoms with Crippen LogP contribution in [-0.4, -0.2) is 47.3 Å². The molecule has 8 heteroatoms. The zero-order valence-corrected chi connectivity index (χ0v) is 8.60. The summed E-state index contributed by atoms with van der Waals surface area (Å²) in [5, 5.41) is 13.0. The molecule has 88 valence electrons. The second-order valence-corrected chi connectivity index (χ2v) is 3.08. The summed E-state index contributed by atoms with van der Waals surface area (Å²) in [5.74, 6) is -2.01. The highest BCUT2D eigenvalue weighted by Gasteiger charge is 2.22. The molecule has 0 saturated heterocycles. The van der Waals surface area contributed by atoms with Crippen LogP contribution in [0, 0.1) is 0 Å². The van der Waals surface area contributed by atoms with E-state index in [1.54, 1.807) is 0 Å². The molecule has 1 aliphatic heterocycles. The van der Waals surface area contributed by atoms with E-state index in [0.717, 1.165) is 5.01 Å². The molecule has 2 amide bonds. The van der Waals surface area contributed by atoms with Gasteiger partial charge in [-0.15, -0.1) is 0 Å². The molecule has 0 bridgehead atoms. The average molecular weight is 229 g/mol. The van der Waals surface area contributed by atoms with Crippen LogP contribution in [0.4, 0.5) is 0 Å². The smallest absolute Gasteiger partial charge is 0.332 e. The lowest BCUT2D eigenvalue weighted by molar-refractivity contribution is -0.147. The van der Waals surface area contributed by atoms with E-state index in [1.807, 2.05) is 5.48 Å². The number of hydrazone groups is 1. The van der Waals surface area contributed by atoms with E-state index >= 15 is 0 Å². The van der Waals surface area contributed by atoms with Gasteiger partial charge >= 0.3 is 5.97 Å². The van der Waals surface area contributed by atoms with Crippen LogP contribution in [0.15, 0.2) is 5.10 Å². The number of amides is 2. The molecule has 0 saturated carbocycles. The number of rotatable bonds is 4. The molecule has 2 N–H and O–H groups in total. The van der Waals surface area contributed by atoms with Gasteiger partial charge in [0.05, 0.1) is 0 Å². The summed E-state index contributed by atoms with van der Waals surface area (Å²) in [6.45, 7) is -0.631. The van der Waals surface area contributed by atoms with Gasteiger partial charge in [0.15, 0.2) is 6.61 Å². The highest BCUT2D eigenvalue weighted by molar-refractivity contribution is 6.39. The summed E-state index contributed by atoms with van der Waals surface area (Å²) in [4.78, 5) is 36.9. The topological polar surface area (TPSA) is 108 Å². The predicted molar refractivity (Wildman–Crippen MR) is 51.2 cm³/mol. The number of aliphatic carboxylic acids is 1. The number of carbonyl (C=O) groups excluding carboxylic acids is 2. The summed E-state index contributed by atoms with van der Waals surface area (Å²) >= 11 is 0. The Morgan fingerprint density at radius 1 is 1.56 bits per heavy atom. The second-order valence-electron chi connectivity index (χ2n) is 3.08. The quantitative estimate of drug-likeness (QED) is 0.584. The molecule has 0 aromatic rings. The van der Waals surface area contributed by atoms with E-state index in [-0.39, 0.29) is 24.5 Å². The Labute approximate surface area is 90.8 Å². The van der Waals surface area contributed by atoms with Crippen LogP contribution in [0.3, 0.4) is 0 Å². The Bertz CT molecular complexity index is 352. The zero-order valence-electron chi connectivity index (χ0n) is 8.60. The van der Waals surface area contributed by atoms with Crippen LogP contribution in [-0.2, 0) is 19.2 Å². The van der Waals surface area contributed by atoms with Gasteiger partial charge in [-0.25, -0.2) is 15.3 Å². The van der Waals surface area contributed by atoms with Crippen molar-refractivity contribution in [3.05, 3.63) is 0 Å². The number of carboxylic acid groups (broad SMARTS) is 1. The van der Waals surface area contributed by atoms with Gasteiger partial charge in [0.1, 0.15) is 5.71 Å². The molecule has 0 unspecified atom stereocenters. The van der Waals surface area contributed by atoms with Crippen molar-refractivity contribution >= 4 is 23.5 Å². The molecular formula is C8H11N3O5. The molecular weight excluding hydrogens is 218 g/mol. The predicted octanol–water partition coefficient (Wildman–Crippen LogP) is -1.27. The number of carbonyl (C=O) groups is 3. The molecule has 1 heterocycles. The number of hydrogen-bond donors (Lipinski definition) is 2. The van der Waals surface area contributed by atoms with Gasteiger partial charge in [-0.3, -0.25) is 14.4 Å². The number of nitrogens with one attached hydrogen (secondary N) is 1. The fourth-order valence-corrected chi connectivity index (χ4v) is 1.06. The minimum atomic E-state index is -1.20. The third-order valence-electron chi connectivity index (χ3n) is 1.83. The van der Waals surface area contributed by atoms with Crippen molar-refractivity contribution in [1.29, 1.82) is 0 Å². The van der Waals surface area contributed by atoms with E-state index in [0.29, 0.717) is 0 Å². The molecule has 0 aromatic carbocycles. The van der Waals surface area contributed by atoms with Gasteiger partial charge in [0.25, 0.3) is 5.91 Å². The lowest BCUT2D eigenvalue weighted by Crippen LogP contribution is -2.38. The Morgan fingerprint density at radius 2 is 2.25 bits per heavy atom. The van der Waals surface area contributed by atoms with Crippen molar-refractivity contribution in [3.8, 4) is 0 Å². The fraction of sp³-hybridized carbons (Fsp3) is 0.500. The molecule has 0 spiro atoms. The normalized spacial score (nSPS) is 15.7. The van der Waals surface area contributed by atoms with Gasteiger partial charge in [-0.2, -0.15) is 5.10 Å². The first kappa shape index (κ1) is 12.1. The second kappa shape index (κ2) is 5.21. The lowest BCUT2D eigenvalue weighted by Gasteiger charge is -2.18. The third-order valence-corrected chi connectivity index (χ3v) is 1.83. The van der Waals surface area contributed by atoms with Gasteiger partial charge in [-0.05, 0) is 0 Å². The Kier molecular flexibility index (Phi) is 3.95. The maximum atomic E-state index is 11.3. The number of nitrogens with zero attached hydrogens (tertiary/aromatic N) is 2. The van der Waals surface area contributed by atoms with Gasteiger partial charge in [0, 0.05) is 19.9 Å². The first-order chi connectivity index (χ1) is 7.50. The van der Waals surface area contributed by atoms with Crippen molar-refractivity contribution in [2.45, 2.75) is 12.8 Å². The first-order valence-electron chi connectivity index (χ1n) is 4.48.